The van der Waals surface area contributed by atoms with Crippen molar-refractivity contribution in [1.29, 1.82) is 0 Å². The fourth-order valence-corrected chi connectivity index (χ4v) is 4.66. The van der Waals surface area contributed by atoms with Gasteiger partial charge >= 0.3 is 0 Å². The third-order valence-corrected chi connectivity index (χ3v) is 6.26. The van der Waals surface area contributed by atoms with Crippen LogP contribution in [0.4, 0.5) is 0 Å². The van der Waals surface area contributed by atoms with Crippen LogP contribution in [0.1, 0.15) is 45.8 Å². The summed E-state index contributed by atoms with van der Waals surface area (Å²) in [6.07, 6.45) is 2.73. The average Bonchev–Trinajstić information content (AvgIpc) is 2.97. The molecule has 1 aromatic carbocycles. The van der Waals surface area contributed by atoms with E-state index < -0.39 is 9.04 Å². The lowest BCUT2D eigenvalue weighted by atomic mass is 10.1. The lowest BCUT2D eigenvalue weighted by Gasteiger charge is -2.28. The maximum atomic E-state index is 6.32. The number of hydrogen-bond acceptors (Lipinski definition) is 2. The van der Waals surface area contributed by atoms with Crippen LogP contribution in [0.25, 0.3) is 0 Å². The fraction of sp³-hybridized carbons (Fsp3) is 0.444. The minimum atomic E-state index is -1.03. The van der Waals surface area contributed by atoms with Gasteiger partial charge in [0.05, 0.1) is 6.26 Å². The van der Waals surface area contributed by atoms with Crippen molar-refractivity contribution in [2.45, 2.75) is 45.1 Å². The molecular weight excluding hydrogens is 276 g/mol. The molecule has 0 saturated carbocycles. The molecule has 1 radical (unpaired) electrons. The van der Waals surface area contributed by atoms with Crippen LogP contribution < -0.4 is 5.19 Å². The van der Waals surface area contributed by atoms with Gasteiger partial charge in [-0.2, -0.15) is 0 Å². The zero-order chi connectivity index (χ0) is 15.3. The molecule has 1 heterocycles. The van der Waals surface area contributed by atoms with E-state index in [2.05, 4.69) is 58.0 Å². The largest absolute Gasteiger partial charge is 0.469 e. The number of hydrogen-bond donors (Lipinski definition) is 0. The summed E-state index contributed by atoms with van der Waals surface area (Å²) in [6, 6.07) is 14.6. The first-order chi connectivity index (χ1) is 9.98. The summed E-state index contributed by atoms with van der Waals surface area (Å²) in [5.41, 5.74) is 0. The molecule has 0 saturated heterocycles. The maximum absolute atomic E-state index is 6.32. The Bertz CT molecular complexity index is 514. The minimum Gasteiger partial charge on any atom is -0.469 e. The lowest BCUT2D eigenvalue weighted by Crippen LogP contribution is -2.41. The number of rotatable bonds is 6. The van der Waals surface area contributed by atoms with E-state index in [9.17, 15) is 0 Å². The van der Waals surface area contributed by atoms with E-state index in [0.717, 1.165) is 18.8 Å². The first-order valence-corrected chi connectivity index (χ1v) is 8.98. The second-order valence-electron chi connectivity index (χ2n) is 6.50. The Hall–Kier alpha value is -1.32. The predicted octanol–water partition coefficient (Wildman–Crippen LogP) is 4.49. The fourth-order valence-electron chi connectivity index (χ4n) is 2.37. The molecule has 0 spiro atoms. The van der Waals surface area contributed by atoms with Crippen molar-refractivity contribution in [3.8, 4) is 0 Å². The molecule has 0 aliphatic rings. The van der Waals surface area contributed by atoms with Gasteiger partial charge in [0.15, 0.2) is 0 Å². The summed E-state index contributed by atoms with van der Waals surface area (Å²) in [5, 5.41) is 1.53. The third-order valence-electron chi connectivity index (χ3n) is 3.54. The second kappa shape index (κ2) is 7.10. The van der Waals surface area contributed by atoms with Crippen molar-refractivity contribution in [1.82, 2.24) is 0 Å². The van der Waals surface area contributed by atoms with Crippen LogP contribution in [-0.4, -0.2) is 15.6 Å². The van der Waals surface area contributed by atoms with Gasteiger partial charge in [-0.25, -0.2) is 0 Å². The first-order valence-electron chi connectivity index (χ1n) is 7.57. The molecule has 2 rings (SSSR count). The Labute approximate surface area is 129 Å². The van der Waals surface area contributed by atoms with Crippen LogP contribution in [-0.2, 0) is 4.43 Å². The number of furan rings is 1. The molecule has 1 aromatic heterocycles. The Balaban J connectivity index is 1.94. The van der Waals surface area contributed by atoms with E-state index in [-0.39, 0.29) is 5.04 Å². The summed E-state index contributed by atoms with van der Waals surface area (Å²) in [7, 11) is -1.03. The smallest absolute Gasteiger partial charge is 0.252 e. The molecule has 113 valence electrons. The summed E-state index contributed by atoms with van der Waals surface area (Å²) in [5.74, 6) is 1.45. The summed E-state index contributed by atoms with van der Waals surface area (Å²) < 4.78 is 11.8. The van der Waals surface area contributed by atoms with Gasteiger partial charge in [-0.3, -0.25) is 0 Å². The normalized spacial score (nSPS) is 13.6. The molecule has 0 N–H and O–H groups in total. The van der Waals surface area contributed by atoms with E-state index in [4.69, 9.17) is 8.84 Å². The molecule has 0 amide bonds. The SMILES string of the molecule is C[C@H](CCO[Si](c1ccccc1)C(C)(C)C)c1ccco1. The van der Waals surface area contributed by atoms with Crippen molar-refractivity contribution in [2.75, 3.05) is 6.61 Å². The molecule has 1 atom stereocenters. The number of benzene rings is 1. The molecule has 0 fully saturated rings. The Morgan fingerprint density at radius 3 is 2.38 bits per heavy atom. The second-order valence-corrected chi connectivity index (χ2v) is 9.52. The van der Waals surface area contributed by atoms with E-state index in [1.807, 2.05) is 12.1 Å². The zero-order valence-electron chi connectivity index (χ0n) is 13.4. The highest BCUT2D eigenvalue weighted by molar-refractivity contribution is 6.70. The van der Waals surface area contributed by atoms with E-state index in [1.165, 1.54) is 5.19 Å². The summed E-state index contributed by atoms with van der Waals surface area (Å²) in [6.45, 7) is 9.77. The van der Waals surface area contributed by atoms with Crippen LogP contribution >= 0.6 is 0 Å². The van der Waals surface area contributed by atoms with E-state index in [1.54, 1.807) is 6.26 Å². The minimum absolute atomic E-state index is 0.180. The van der Waals surface area contributed by atoms with Gasteiger partial charge in [-0.05, 0) is 28.8 Å². The van der Waals surface area contributed by atoms with E-state index >= 15 is 0 Å². The summed E-state index contributed by atoms with van der Waals surface area (Å²) >= 11 is 0. The summed E-state index contributed by atoms with van der Waals surface area (Å²) in [4.78, 5) is 0. The first kappa shape index (κ1) is 16.1. The molecular formula is C18H25O2Si. The van der Waals surface area contributed by atoms with Gasteiger partial charge in [0, 0.05) is 12.5 Å². The van der Waals surface area contributed by atoms with Gasteiger partial charge in [-0.1, -0.05) is 58.0 Å². The highest BCUT2D eigenvalue weighted by Crippen LogP contribution is 2.28. The van der Waals surface area contributed by atoms with Crippen molar-refractivity contribution in [3.05, 3.63) is 54.5 Å². The molecule has 21 heavy (non-hydrogen) atoms. The highest BCUT2D eigenvalue weighted by atomic mass is 28.3. The van der Waals surface area contributed by atoms with Crippen LogP contribution in [0.2, 0.25) is 5.04 Å². The van der Waals surface area contributed by atoms with Gasteiger partial charge in [0.2, 0.25) is 0 Å². The Morgan fingerprint density at radius 1 is 1.10 bits per heavy atom. The molecule has 0 aliphatic heterocycles. The van der Waals surface area contributed by atoms with Gasteiger partial charge in [-0.15, -0.1) is 0 Å². The molecule has 0 aliphatic carbocycles. The Morgan fingerprint density at radius 2 is 1.81 bits per heavy atom. The maximum Gasteiger partial charge on any atom is 0.252 e. The quantitative estimate of drug-likeness (QED) is 0.734. The monoisotopic (exact) mass is 301 g/mol. The lowest BCUT2D eigenvalue weighted by molar-refractivity contribution is 0.286. The van der Waals surface area contributed by atoms with Crippen LogP contribution in [0.15, 0.2) is 53.1 Å². The molecule has 3 heteroatoms. The Kier molecular flexibility index (Phi) is 5.43. The van der Waals surface area contributed by atoms with Gasteiger partial charge < -0.3 is 8.84 Å². The van der Waals surface area contributed by atoms with Gasteiger partial charge in [0.1, 0.15) is 5.76 Å². The topological polar surface area (TPSA) is 22.4 Å². The van der Waals surface area contributed by atoms with E-state index in [0.29, 0.717) is 5.92 Å². The highest BCUT2D eigenvalue weighted by Gasteiger charge is 2.31. The standard InChI is InChI=1S/C18H25O2Si/c1-15(17-11-8-13-19-17)12-14-20-21(18(2,3)4)16-9-6-5-7-10-16/h5-11,13,15H,12,14H2,1-4H3/t15-/m1/s1. The molecule has 0 bridgehead atoms. The molecule has 2 nitrogen and oxygen atoms in total. The predicted molar refractivity (Wildman–Crippen MR) is 89.2 cm³/mol. The van der Waals surface area contributed by atoms with Crippen LogP contribution in [0, 0.1) is 0 Å². The van der Waals surface area contributed by atoms with Crippen molar-refractivity contribution < 1.29 is 8.84 Å². The van der Waals surface area contributed by atoms with Gasteiger partial charge in [0.25, 0.3) is 9.04 Å². The van der Waals surface area contributed by atoms with Crippen molar-refractivity contribution in [3.63, 3.8) is 0 Å². The molecule has 2 aromatic rings. The van der Waals surface area contributed by atoms with Crippen LogP contribution in [0.3, 0.4) is 0 Å². The van der Waals surface area contributed by atoms with Crippen molar-refractivity contribution in [2.24, 2.45) is 0 Å². The van der Waals surface area contributed by atoms with Crippen molar-refractivity contribution >= 4 is 14.2 Å². The third kappa shape index (κ3) is 4.58. The zero-order valence-corrected chi connectivity index (χ0v) is 14.4. The van der Waals surface area contributed by atoms with Crippen LogP contribution in [0.5, 0.6) is 0 Å². The average molecular weight is 301 g/mol. The molecule has 0 unspecified atom stereocenters.